The molecule has 0 radical (unpaired) electrons. The Hall–Kier alpha value is -2.50. The fourth-order valence-corrected chi connectivity index (χ4v) is 4.18. The molecule has 1 aromatic heterocycles. The molecule has 1 saturated heterocycles. The van der Waals surface area contributed by atoms with Crippen LogP contribution in [0.1, 0.15) is 18.4 Å². The number of pyridine rings is 1. The summed E-state index contributed by atoms with van der Waals surface area (Å²) in [5.74, 6) is 0.280. The van der Waals surface area contributed by atoms with Crippen molar-refractivity contribution in [2.45, 2.75) is 17.7 Å². The van der Waals surface area contributed by atoms with E-state index in [9.17, 15) is 18.1 Å². The Morgan fingerprint density at radius 1 is 1.27 bits per heavy atom. The highest BCUT2D eigenvalue weighted by atomic mass is 32.2. The summed E-state index contributed by atoms with van der Waals surface area (Å²) in [5, 5.41) is 9.18. The lowest BCUT2D eigenvalue weighted by Crippen LogP contribution is -2.39. The van der Waals surface area contributed by atoms with Gasteiger partial charge < -0.3 is 4.90 Å². The molecule has 6 nitrogen and oxygen atoms in total. The van der Waals surface area contributed by atoms with Crippen LogP contribution in [0.5, 0.6) is 0 Å². The highest BCUT2D eigenvalue weighted by Crippen LogP contribution is 2.24. The minimum absolute atomic E-state index is 0.0675. The predicted octanol–water partition coefficient (Wildman–Crippen LogP) is 2.29. The number of halogens is 1. The van der Waals surface area contributed by atoms with Crippen molar-refractivity contribution in [1.82, 2.24) is 9.71 Å². The number of hydrogen-bond donors (Lipinski definition) is 1. The molecule has 0 amide bonds. The summed E-state index contributed by atoms with van der Waals surface area (Å²) in [7, 11) is -3.72. The van der Waals surface area contributed by atoms with Crippen LogP contribution in [-0.2, 0) is 10.0 Å². The highest BCUT2D eigenvalue weighted by Gasteiger charge is 2.24. The second-order valence-electron chi connectivity index (χ2n) is 6.23. The Morgan fingerprint density at radius 2 is 2.04 bits per heavy atom. The molecule has 0 aliphatic carbocycles. The van der Waals surface area contributed by atoms with E-state index in [4.69, 9.17) is 0 Å². The van der Waals surface area contributed by atoms with Crippen molar-refractivity contribution in [3.8, 4) is 6.07 Å². The van der Waals surface area contributed by atoms with Gasteiger partial charge in [-0.3, -0.25) is 0 Å². The van der Waals surface area contributed by atoms with Gasteiger partial charge in [0.1, 0.15) is 17.7 Å². The average molecular weight is 374 g/mol. The zero-order chi connectivity index (χ0) is 18.6. The van der Waals surface area contributed by atoms with E-state index in [1.165, 1.54) is 18.2 Å². The number of benzene rings is 1. The van der Waals surface area contributed by atoms with Gasteiger partial charge >= 0.3 is 0 Å². The van der Waals surface area contributed by atoms with Gasteiger partial charge in [-0.05, 0) is 49.1 Å². The quantitative estimate of drug-likeness (QED) is 0.868. The Balaban J connectivity index is 1.57. The van der Waals surface area contributed by atoms with E-state index in [0.717, 1.165) is 18.9 Å². The van der Waals surface area contributed by atoms with E-state index in [0.29, 0.717) is 31.0 Å². The van der Waals surface area contributed by atoms with Gasteiger partial charge in [0.2, 0.25) is 10.0 Å². The molecule has 0 saturated carbocycles. The van der Waals surface area contributed by atoms with Gasteiger partial charge in [-0.15, -0.1) is 0 Å². The molecular weight excluding hydrogens is 355 g/mol. The van der Waals surface area contributed by atoms with Crippen molar-refractivity contribution in [2.24, 2.45) is 5.92 Å². The van der Waals surface area contributed by atoms with E-state index < -0.39 is 15.8 Å². The first kappa shape index (κ1) is 18.3. The minimum atomic E-state index is -3.72. The maximum absolute atomic E-state index is 13.2. The SMILES string of the molecule is N#Cc1cccnc1N1CCC(CNS(=O)(=O)c2cccc(F)c2)CC1. The van der Waals surface area contributed by atoms with E-state index in [1.54, 1.807) is 18.3 Å². The van der Waals surface area contributed by atoms with Crippen molar-refractivity contribution in [3.05, 3.63) is 54.0 Å². The predicted molar refractivity (Wildman–Crippen MR) is 95.5 cm³/mol. The maximum Gasteiger partial charge on any atom is 0.240 e. The number of piperidine rings is 1. The highest BCUT2D eigenvalue weighted by molar-refractivity contribution is 7.89. The number of aromatic nitrogens is 1. The number of sulfonamides is 1. The van der Waals surface area contributed by atoms with Gasteiger partial charge in [0, 0.05) is 25.8 Å². The van der Waals surface area contributed by atoms with Crippen LogP contribution in [0.4, 0.5) is 10.2 Å². The lowest BCUT2D eigenvalue weighted by Gasteiger charge is -2.33. The molecule has 136 valence electrons. The molecule has 3 rings (SSSR count). The minimum Gasteiger partial charge on any atom is -0.356 e. The molecule has 1 aliphatic rings. The Kier molecular flexibility index (Phi) is 5.49. The van der Waals surface area contributed by atoms with Gasteiger partial charge in [-0.1, -0.05) is 6.07 Å². The summed E-state index contributed by atoms with van der Waals surface area (Å²) in [6, 6.07) is 10.6. The smallest absolute Gasteiger partial charge is 0.240 e. The van der Waals surface area contributed by atoms with Crippen LogP contribution in [0.3, 0.4) is 0 Å². The first-order valence-electron chi connectivity index (χ1n) is 8.35. The Morgan fingerprint density at radius 3 is 2.73 bits per heavy atom. The molecule has 0 atom stereocenters. The molecule has 8 heteroatoms. The Labute approximate surface area is 152 Å². The first-order valence-corrected chi connectivity index (χ1v) is 9.83. The molecule has 1 N–H and O–H groups in total. The second kappa shape index (κ2) is 7.81. The third kappa shape index (κ3) is 4.18. The van der Waals surface area contributed by atoms with Crippen molar-refractivity contribution in [3.63, 3.8) is 0 Å². The first-order chi connectivity index (χ1) is 12.5. The zero-order valence-corrected chi connectivity index (χ0v) is 14.9. The molecule has 0 bridgehead atoms. The van der Waals surface area contributed by atoms with Crippen LogP contribution < -0.4 is 9.62 Å². The lowest BCUT2D eigenvalue weighted by molar-refractivity contribution is 0.400. The van der Waals surface area contributed by atoms with Gasteiger partial charge in [0.25, 0.3) is 0 Å². The lowest BCUT2D eigenvalue weighted by atomic mass is 9.97. The van der Waals surface area contributed by atoms with Crippen LogP contribution in [0.2, 0.25) is 0 Å². The summed E-state index contributed by atoms with van der Waals surface area (Å²) in [6.45, 7) is 1.72. The van der Waals surface area contributed by atoms with Crippen LogP contribution in [-0.4, -0.2) is 33.0 Å². The van der Waals surface area contributed by atoms with Gasteiger partial charge in [0.05, 0.1) is 10.5 Å². The molecule has 0 spiro atoms. The topological polar surface area (TPSA) is 86.1 Å². The van der Waals surface area contributed by atoms with Gasteiger partial charge in [0.15, 0.2) is 0 Å². The summed E-state index contributed by atoms with van der Waals surface area (Å²) in [6.07, 6.45) is 3.23. The monoisotopic (exact) mass is 374 g/mol. The number of hydrogen-bond acceptors (Lipinski definition) is 5. The standard InChI is InChI=1S/C18H19FN4O2S/c19-16-4-1-5-17(11-16)26(24,25)22-13-14-6-9-23(10-7-14)18-15(12-20)3-2-8-21-18/h1-5,8,11,14,22H,6-7,9-10,13H2. The van der Waals surface area contributed by atoms with E-state index >= 15 is 0 Å². The Bertz CT molecular complexity index is 919. The maximum atomic E-state index is 13.2. The van der Waals surface area contributed by atoms with E-state index in [2.05, 4.69) is 20.7 Å². The van der Waals surface area contributed by atoms with Crippen molar-refractivity contribution in [1.29, 1.82) is 5.26 Å². The largest absolute Gasteiger partial charge is 0.356 e. The number of nitrogens with one attached hydrogen (secondary N) is 1. The zero-order valence-electron chi connectivity index (χ0n) is 14.1. The van der Waals surface area contributed by atoms with Crippen LogP contribution in [0, 0.1) is 23.1 Å². The normalized spacial score (nSPS) is 15.6. The third-order valence-corrected chi connectivity index (χ3v) is 5.91. The van der Waals surface area contributed by atoms with Gasteiger partial charge in [-0.25, -0.2) is 22.5 Å². The summed E-state index contributed by atoms with van der Waals surface area (Å²) in [4.78, 5) is 6.27. The second-order valence-corrected chi connectivity index (χ2v) is 7.99. The fourth-order valence-electron chi connectivity index (χ4n) is 3.03. The molecule has 2 aromatic rings. The molecule has 2 heterocycles. The van der Waals surface area contributed by atoms with Gasteiger partial charge in [-0.2, -0.15) is 5.26 Å². The molecule has 1 aliphatic heterocycles. The van der Waals surface area contributed by atoms with E-state index in [1.807, 2.05) is 0 Å². The van der Waals surface area contributed by atoms with Crippen LogP contribution in [0.25, 0.3) is 0 Å². The molecule has 26 heavy (non-hydrogen) atoms. The van der Waals surface area contributed by atoms with Crippen molar-refractivity contribution >= 4 is 15.8 Å². The molecule has 1 fully saturated rings. The molecule has 1 aromatic carbocycles. The molecular formula is C18H19FN4O2S. The number of nitrogens with zero attached hydrogens (tertiary/aromatic N) is 3. The van der Waals surface area contributed by atoms with Crippen LogP contribution in [0.15, 0.2) is 47.5 Å². The number of rotatable bonds is 5. The third-order valence-electron chi connectivity index (χ3n) is 4.49. The summed E-state index contributed by atoms with van der Waals surface area (Å²) < 4.78 is 40.3. The summed E-state index contributed by atoms with van der Waals surface area (Å²) >= 11 is 0. The van der Waals surface area contributed by atoms with E-state index in [-0.39, 0.29) is 10.8 Å². The summed E-state index contributed by atoms with van der Waals surface area (Å²) in [5.41, 5.74) is 0.540. The average Bonchev–Trinajstić information content (AvgIpc) is 2.67. The number of nitriles is 1. The van der Waals surface area contributed by atoms with Crippen molar-refractivity contribution < 1.29 is 12.8 Å². The number of anilines is 1. The van der Waals surface area contributed by atoms with Crippen LogP contribution >= 0.6 is 0 Å². The fraction of sp³-hybridized carbons (Fsp3) is 0.333. The molecule has 0 unspecified atom stereocenters. The van der Waals surface area contributed by atoms with Crippen molar-refractivity contribution in [2.75, 3.05) is 24.5 Å².